The summed E-state index contributed by atoms with van der Waals surface area (Å²) in [6.07, 6.45) is 0. The third-order valence-corrected chi connectivity index (χ3v) is 3.66. The Bertz CT molecular complexity index is 566. The average molecular weight is 275 g/mol. The summed E-state index contributed by atoms with van der Waals surface area (Å²) in [5.41, 5.74) is 10.5. The molecule has 0 saturated carbocycles. The van der Waals surface area contributed by atoms with Crippen LogP contribution in [0.3, 0.4) is 0 Å². The van der Waals surface area contributed by atoms with Gasteiger partial charge in [0.1, 0.15) is 0 Å². The molecule has 100 valence electrons. The molecule has 2 aromatic rings. The molecular weight excluding hydrogens is 256 g/mol. The standard InChI is InChI=1S/C16H19ClN2/c1-12-6-5-8-13(10-18)16(12)19(2)11-14-7-3-4-9-15(14)17/h3-9H,10-11,18H2,1-2H3. The second-order valence-corrected chi connectivity index (χ2v) is 5.14. The van der Waals surface area contributed by atoms with Crippen molar-refractivity contribution in [1.82, 2.24) is 0 Å². The van der Waals surface area contributed by atoms with E-state index in [1.165, 1.54) is 11.3 Å². The molecule has 2 N–H and O–H groups in total. The number of hydrogen-bond acceptors (Lipinski definition) is 2. The van der Waals surface area contributed by atoms with Crippen molar-refractivity contribution in [2.45, 2.75) is 20.0 Å². The Morgan fingerprint density at radius 2 is 1.74 bits per heavy atom. The molecule has 19 heavy (non-hydrogen) atoms. The molecule has 0 aliphatic heterocycles. The lowest BCUT2D eigenvalue weighted by atomic mass is 10.1. The molecule has 2 nitrogen and oxygen atoms in total. The molecule has 0 spiro atoms. The summed E-state index contributed by atoms with van der Waals surface area (Å²) in [7, 11) is 2.07. The van der Waals surface area contributed by atoms with E-state index in [0.29, 0.717) is 6.54 Å². The number of rotatable bonds is 4. The van der Waals surface area contributed by atoms with E-state index in [-0.39, 0.29) is 0 Å². The molecule has 0 heterocycles. The van der Waals surface area contributed by atoms with Crippen LogP contribution in [-0.2, 0) is 13.1 Å². The SMILES string of the molecule is Cc1cccc(CN)c1N(C)Cc1ccccc1Cl. The molecule has 0 amide bonds. The molecule has 0 fully saturated rings. The molecule has 0 bridgehead atoms. The quantitative estimate of drug-likeness (QED) is 0.920. The number of nitrogens with two attached hydrogens (primary N) is 1. The number of benzene rings is 2. The monoisotopic (exact) mass is 274 g/mol. The van der Waals surface area contributed by atoms with Crippen molar-refractivity contribution in [3.63, 3.8) is 0 Å². The van der Waals surface area contributed by atoms with Crippen LogP contribution in [-0.4, -0.2) is 7.05 Å². The molecular formula is C16H19ClN2. The Balaban J connectivity index is 2.30. The average Bonchev–Trinajstić information content (AvgIpc) is 2.40. The molecule has 2 aromatic carbocycles. The zero-order chi connectivity index (χ0) is 13.8. The van der Waals surface area contributed by atoms with Crippen LogP contribution >= 0.6 is 11.6 Å². The molecule has 3 heteroatoms. The number of para-hydroxylation sites is 1. The van der Waals surface area contributed by atoms with Crippen LogP contribution in [0.5, 0.6) is 0 Å². The third-order valence-electron chi connectivity index (χ3n) is 3.29. The Kier molecular flexibility index (Phi) is 4.46. The maximum absolute atomic E-state index is 6.22. The van der Waals surface area contributed by atoms with Gasteiger partial charge in [-0.05, 0) is 29.7 Å². The van der Waals surface area contributed by atoms with Crippen molar-refractivity contribution in [2.24, 2.45) is 5.73 Å². The molecule has 0 aliphatic rings. The topological polar surface area (TPSA) is 29.3 Å². The number of anilines is 1. The van der Waals surface area contributed by atoms with Crippen LogP contribution in [0, 0.1) is 6.92 Å². The molecule has 0 aliphatic carbocycles. The fourth-order valence-electron chi connectivity index (χ4n) is 2.39. The zero-order valence-corrected chi connectivity index (χ0v) is 12.1. The van der Waals surface area contributed by atoms with Crippen molar-refractivity contribution in [2.75, 3.05) is 11.9 Å². The first-order valence-electron chi connectivity index (χ1n) is 6.36. The van der Waals surface area contributed by atoms with Crippen molar-refractivity contribution in [1.29, 1.82) is 0 Å². The normalized spacial score (nSPS) is 10.5. The minimum Gasteiger partial charge on any atom is -0.370 e. The Hall–Kier alpha value is -1.51. The van der Waals surface area contributed by atoms with E-state index in [1.54, 1.807) is 0 Å². The van der Waals surface area contributed by atoms with Gasteiger partial charge in [-0.25, -0.2) is 0 Å². The van der Waals surface area contributed by atoms with E-state index in [0.717, 1.165) is 22.7 Å². The van der Waals surface area contributed by atoms with Gasteiger partial charge < -0.3 is 10.6 Å². The zero-order valence-electron chi connectivity index (χ0n) is 11.4. The second kappa shape index (κ2) is 6.09. The van der Waals surface area contributed by atoms with Crippen LogP contribution in [0.4, 0.5) is 5.69 Å². The molecule has 0 unspecified atom stereocenters. The van der Waals surface area contributed by atoms with Gasteiger partial charge in [0.05, 0.1) is 0 Å². The summed E-state index contributed by atoms with van der Waals surface area (Å²) in [6.45, 7) is 3.43. The smallest absolute Gasteiger partial charge is 0.0455 e. The van der Waals surface area contributed by atoms with Crippen LogP contribution in [0.25, 0.3) is 0 Å². The number of hydrogen-bond donors (Lipinski definition) is 1. The number of aryl methyl sites for hydroxylation is 1. The van der Waals surface area contributed by atoms with Crippen LogP contribution in [0.15, 0.2) is 42.5 Å². The Labute approximate surface area is 119 Å². The maximum atomic E-state index is 6.22. The lowest BCUT2D eigenvalue weighted by Crippen LogP contribution is -2.20. The van der Waals surface area contributed by atoms with Crippen molar-refractivity contribution >= 4 is 17.3 Å². The summed E-state index contributed by atoms with van der Waals surface area (Å²) in [5.74, 6) is 0. The molecule has 0 atom stereocenters. The fraction of sp³-hybridized carbons (Fsp3) is 0.250. The lowest BCUT2D eigenvalue weighted by Gasteiger charge is -2.24. The predicted octanol–water partition coefficient (Wildman–Crippen LogP) is 3.74. The van der Waals surface area contributed by atoms with Crippen molar-refractivity contribution in [3.8, 4) is 0 Å². The highest BCUT2D eigenvalue weighted by molar-refractivity contribution is 6.31. The van der Waals surface area contributed by atoms with Crippen molar-refractivity contribution in [3.05, 3.63) is 64.2 Å². The van der Waals surface area contributed by atoms with Gasteiger partial charge in [0.15, 0.2) is 0 Å². The highest BCUT2D eigenvalue weighted by Crippen LogP contribution is 2.26. The van der Waals surface area contributed by atoms with Crippen molar-refractivity contribution < 1.29 is 0 Å². The van der Waals surface area contributed by atoms with Crippen LogP contribution < -0.4 is 10.6 Å². The lowest BCUT2D eigenvalue weighted by molar-refractivity contribution is 0.898. The van der Waals surface area contributed by atoms with Gasteiger partial charge in [-0.2, -0.15) is 0 Å². The minimum atomic E-state index is 0.546. The fourth-order valence-corrected chi connectivity index (χ4v) is 2.59. The minimum absolute atomic E-state index is 0.546. The summed E-state index contributed by atoms with van der Waals surface area (Å²) in [4.78, 5) is 2.21. The number of nitrogens with zero attached hydrogens (tertiary/aromatic N) is 1. The van der Waals surface area contributed by atoms with E-state index >= 15 is 0 Å². The summed E-state index contributed by atoms with van der Waals surface area (Å²) < 4.78 is 0. The molecule has 2 rings (SSSR count). The predicted molar refractivity (Wildman–Crippen MR) is 82.6 cm³/mol. The molecule has 0 saturated heterocycles. The van der Waals surface area contributed by atoms with Crippen LogP contribution in [0.1, 0.15) is 16.7 Å². The second-order valence-electron chi connectivity index (χ2n) is 4.73. The first-order valence-corrected chi connectivity index (χ1v) is 6.74. The van der Waals surface area contributed by atoms with Gasteiger partial charge in [-0.15, -0.1) is 0 Å². The van der Waals surface area contributed by atoms with Gasteiger partial charge >= 0.3 is 0 Å². The van der Waals surface area contributed by atoms with E-state index in [9.17, 15) is 0 Å². The van der Waals surface area contributed by atoms with E-state index in [4.69, 9.17) is 17.3 Å². The van der Waals surface area contributed by atoms with Gasteiger partial charge in [0.25, 0.3) is 0 Å². The van der Waals surface area contributed by atoms with Crippen LogP contribution in [0.2, 0.25) is 5.02 Å². The Morgan fingerprint density at radius 3 is 2.42 bits per heavy atom. The molecule has 0 aromatic heterocycles. The molecule has 0 radical (unpaired) electrons. The summed E-state index contributed by atoms with van der Waals surface area (Å²) in [6, 6.07) is 14.2. The van der Waals surface area contributed by atoms with E-state index in [1.807, 2.05) is 24.3 Å². The summed E-state index contributed by atoms with van der Waals surface area (Å²) >= 11 is 6.22. The van der Waals surface area contributed by atoms with Gasteiger partial charge in [-0.3, -0.25) is 0 Å². The first-order chi connectivity index (χ1) is 9.13. The number of halogens is 1. The van der Waals surface area contributed by atoms with E-state index < -0.39 is 0 Å². The largest absolute Gasteiger partial charge is 0.370 e. The highest BCUT2D eigenvalue weighted by Gasteiger charge is 2.11. The van der Waals surface area contributed by atoms with Gasteiger partial charge in [0.2, 0.25) is 0 Å². The Morgan fingerprint density at radius 1 is 1.05 bits per heavy atom. The van der Waals surface area contributed by atoms with E-state index in [2.05, 4.69) is 37.1 Å². The van der Waals surface area contributed by atoms with Gasteiger partial charge in [0, 0.05) is 30.8 Å². The summed E-state index contributed by atoms with van der Waals surface area (Å²) in [5, 5.41) is 0.803. The van der Waals surface area contributed by atoms with Gasteiger partial charge in [-0.1, -0.05) is 48.0 Å². The maximum Gasteiger partial charge on any atom is 0.0455 e. The highest BCUT2D eigenvalue weighted by atomic mass is 35.5. The first kappa shape index (κ1) is 13.9. The third kappa shape index (κ3) is 3.09.